The second-order valence-electron chi connectivity index (χ2n) is 6.91. The van der Waals surface area contributed by atoms with Gasteiger partial charge in [0.2, 0.25) is 0 Å². The van der Waals surface area contributed by atoms with Crippen LogP contribution in [-0.2, 0) is 0 Å². The molecule has 2 aromatic heterocycles. The van der Waals surface area contributed by atoms with Crippen molar-refractivity contribution in [1.82, 2.24) is 15.0 Å². The van der Waals surface area contributed by atoms with Gasteiger partial charge in [0.15, 0.2) is 0 Å². The van der Waals surface area contributed by atoms with E-state index >= 15 is 0 Å². The van der Waals surface area contributed by atoms with Crippen molar-refractivity contribution in [3.63, 3.8) is 0 Å². The number of nitrogens with one attached hydrogen (secondary N) is 2. The van der Waals surface area contributed by atoms with Crippen LogP contribution in [0.5, 0.6) is 0 Å². The molecule has 0 saturated heterocycles. The van der Waals surface area contributed by atoms with Gasteiger partial charge in [0.05, 0.1) is 42.1 Å². The first-order chi connectivity index (χ1) is 15.6. The maximum absolute atomic E-state index is 13.5. The molecule has 0 radical (unpaired) electrons. The van der Waals surface area contributed by atoms with Gasteiger partial charge in [0.1, 0.15) is 11.5 Å². The van der Waals surface area contributed by atoms with E-state index in [0.29, 0.717) is 22.1 Å². The highest BCUT2D eigenvalue weighted by Gasteiger charge is 2.30. The van der Waals surface area contributed by atoms with Crippen molar-refractivity contribution in [2.45, 2.75) is 6.04 Å². The number of hydrogen-bond acceptors (Lipinski definition) is 5. The third kappa shape index (κ3) is 4.75. The molecule has 2 heterocycles. The molecule has 1 unspecified atom stereocenters. The molecule has 32 heavy (non-hydrogen) atoms. The van der Waals surface area contributed by atoms with Crippen LogP contribution in [0.15, 0.2) is 79.4 Å². The highest BCUT2D eigenvalue weighted by Crippen LogP contribution is 2.36. The van der Waals surface area contributed by atoms with E-state index in [-0.39, 0.29) is 17.3 Å². The van der Waals surface area contributed by atoms with Crippen molar-refractivity contribution in [3.05, 3.63) is 101 Å². The first-order valence-corrected chi connectivity index (χ1v) is 10.5. The van der Waals surface area contributed by atoms with Gasteiger partial charge in [-0.05, 0) is 29.8 Å². The van der Waals surface area contributed by atoms with Crippen LogP contribution in [0.3, 0.4) is 0 Å². The Bertz CT molecular complexity index is 1200. The molecular weight excluding hydrogens is 449 g/mol. The number of carbonyl (C=O) groups is 1. The summed E-state index contributed by atoms with van der Waals surface area (Å²) in [6, 6.07) is 17.4. The fraction of sp³-hybridized carbons (Fsp3) is 0.0870. The number of rotatable bonds is 7. The quantitative estimate of drug-likeness (QED) is 0.345. The van der Waals surface area contributed by atoms with Crippen molar-refractivity contribution in [3.8, 4) is 0 Å². The Morgan fingerprint density at radius 3 is 2.59 bits per heavy atom. The van der Waals surface area contributed by atoms with Gasteiger partial charge in [-0.2, -0.15) is 0 Å². The van der Waals surface area contributed by atoms with Crippen LogP contribution < -0.4 is 10.2 Å². The molecule has 9 heteroatoms. The lowest BCUT2D eigenvalue weighted by Gasteiger charge is -2.31. The summed E-state index contributed by atoms with van der Waals surface area (Å²) in [5, 5.41) is 14.2. The van der Waals surface area contributed by atoms with E-state index in [4.69, 9.17) is 23.2 Å². The number of aromatic amines is 1. The second kappa shape index (κ2) is 9.82. The first-order valence-electron chi connectivity index (χ1n) is 9.72. The van der Waals surface area contributed by atoms with E-state index in [1.807, 2.05) is 30.3 Å². The number of aromatic nitrogens is 3. The van der Waals surface area contributed by atoms with E-state index in [1.165, 1.54) is 23.6 Å². The van der Waals surface area contributed by atoms with E-state index in [1.54, 1.807) is 30.3 Å². The van der Waals surface area contributed by atoms with Crippen LogP contribution in [0.4, 0.5) is 17.2 Å². The average molecular weight is 468 g/mol. The molecule has 0 aliphatic heterocycles. The fourth-order valence-corrected chi connectivity index (χ4v) is 3.71. The molecule has 0 saturated carbocycles. The third-order valence-electron chi connectivity index (χ3n) is 4.81. The van der Waals surface area contributed by atoms with Gasteiger partial charge >= 0.3 is 0 Å². The zero-order chi connectivity index (χ0) is 22.5. The fourth-order valence-electron chi connectivity index (χ4n) is 3.32. The number of nitrogens with zero attached hydrogens (tertiary/aromatic N) is 3. The summed E-state index contributed by atoms with van der Waals surface area (Å²) in [6.45, 7) is -0.361. The molecular formula is C23H19Cl2N5O2. The van der Waals surface area contributed by atoms with E-state index < -0.39 is 11.9 Å². The number of amides is 1. The first kappa shape index (κ1) is 21.8. The molecule has 0 fully saturated rings. The Balaban J connectivity index is 1.81. The number of imidazole rings is 1. The number of aliphatic hydroxyl groups is 1. The molecule has 1 atom stereocenters. The minimum Gasteiger partial charge on any atom is -0.394 e. The van der Waals surface area contributed by atoms with Crippen LogP contribution in [0.1, 0.15) is 22.1 Å². The molecule has 1 amide bonds. The number of halogens is 2. The monoisotopic (exact) mass is 467 g/mol. The van der Waals surface area contributed by atoms with Crippen LogP contribution in [0.25, 0.3) is 0 Å². The van der Waals surface area contributed by atoms with Crippen molar-refractivity contribution < 1.29 is 9.90 Å². The molecule has 0 bridgehead atoms. The van der Waals surface area contributed by atoms with E-state index in [0.717, 1.165) is 5.69 Å². The number of para-hydroxylation sites is 1. The number of H-pyrrole nitrogens is 1. The van der Waals surface area contributed by atoms with Gasteiger partial charge < -0.3 is 15.4 Å². The zero-order valence-corrected chi connectivity index (χ0v) is 18.3. The van der Waals surface area contributed by atoms with Gasteiger partial charge in [-0.25, -0.2) is 9.97 Å². The maximum Gasteiger partial charge on any atom is 0.277 e. The summed E-state index contributed by atoms with van der Waals surface area (Å²) < 4.78 is 0. The molecule has 162 valence electrons. The third-order valence-corrected chi connectivity index (χ3v) is 5.33. The summed E-state index contributed by atoms with van der Waals surface area (Å²) in [7, 11) is 0. The van der Waals surface area contributed by atoms with Gasteiger partial charge in [0.25, 0.3) is 5.91 Å². The van der Waals surface area contributed by atoms with Crippen LogP contribution in [-0.4, -0.2) is 32.6 Å². The zero-order valence-electron chi connectivity index (χ0n) is 16.7. The number of aliphatic hydroxyl groups excluding tert-OH is 1. The Morgan fingerprint density at radius 1 is 1.09 bits per heavy atom. The summed E-state index contributed by atoms with van der Waals surface area (Å²) in [5.41, 5.74) is 2.10. The minimum atomic E-state index is -0.756. The summed E-state index contributed by atoms with van der Waals surface area (Å²) >= 11 is 12.7. The van der Waals surface area contributed by atoms with Gasteiger partial charge in [-0.3, -0.25) is 9.69 Å². The molecule has 0 aliphatic rings. The lowest BCUT2D eigenvalue weighted by atomic mass is 10.0. The Kier molecular flexibility index (Phi) is 6.70. The summed E-state index contributed by atoms with van der Waals surface area (Å²) in [4.78, 5) is 26.0. The van der Waals surface area contributed by atoms with Crippen molar-refractivity contribution in [2.24, 2.45) is 0 Å². The smallest absolute Gasteiger partial charge is 0.277 e. The van der Waals surface area contributed by atoms with Crippen LogP contribution in [0, 0.1) is 0 Å². The number of carbonyl (C=O) groups excluding carboxylic acids is 1. The van der Waals surface area contributed by atoms with Gasteiger partial charge in [-0.1, -0.05) is 53.5 Å². The molecule has 3 N–H and O–H groups in total. The summed E-state index contributed by atoms with van der Waals surface area (Å²) in [6.07, 6.45) is 4.29. The number of hydrogen-bond donors (Lipinski definition) is 3. The number of benzene rings is 2. The van der Waals surface area contributed by atoms with Gasteiger partial charge in [0, 0.05) is 16.8 Å². The largest absolute Gasteiger partial charge is 0.394 e. The number of pyridine rings is 1. The standard InChI is InChI=1S/C23H19Cl2N5O2/c24-16-6-4-5-15(9-16)21(13-31)30(23(32)19-12-26-14-28-19)20-10-22(27-11-18(20)25)29-17-7-2-1-3-8-17/h1-12,14,21,31H,13H2,(H,26,28)(H,27,29). The van der Waals surface area contributed by atoms with E-state index in [2.05, 4.69) is 20.3 Å². The molecule has 4 aromatic rings. The maximum atomic E-state index is 13.5. The Labute approximate surface area is 194 Å². The molecule has 0 aliphatic carbocycles. The topological polar surface area (TPSA) is 94.1 Å². The predicted molar refractivity (Wildman–Crippen MR) is 126 cm³/mol. The van der Waals surface area contributed by atoms with Crippen molar-refractivity contribution >= 4 is 46.3 Å². The predicted octanol–water partition coefficient (Wildman–Crippen LogP) is 5.24. The molecule has 0 spiro atoms. The number of anilines is 3. The highest BCUT2D eigenvalue weighted by atomic mass is 35.5. The van der Waals surface area contributed by atoms with Crippen LogP contribution in [0.2, 0.25) is 10.0 Å². The second-order valence-corrected chi connectivity index (χ2v) is 7.75. The lowest BCUT2D eigenvalue weighted by molar-refractivity contribution is 0.0959. The van der Waals surface area contributed by atoms with Gasteiger partial charge in [-0.15, -0.1) is 0 Å². The summed E-state index contributed by atoms with van der Waals surface area (Å²) in [5.74, 6) is 0.0704. The van der Waals surface area contributed by atoms with Crippen LogP contribution >= 0.6 is 23.2 Å². The average Bonchev–Trinajstić information content (AvgIpc) is 3.34. The Morgan fingerprint density at radius 2 is 1.91 bits per heavy atom. The van der Waals surface area contributed by atoms with Crippen molar-refractivity contribution in [1.29, 1.82) is 0 Å². The lowest BCUT2D eigenvalue weighted by Crippen LogP contribution is -2.37. The minimum absolute atomic E-state index is 0.246. The van der Waals surface area contributed by atoms with Crippen molar-refractivity contribution in [2.75, 3.05) is 16.8 Å². The normalized spacial score (nSPS) is 11.7. The SMILES string of the molecule is O=C(c1cnc[nH]1)N(c1cc(Nc2ccccc2)ncc1Cl)C(CO)c1cccc(Cl)c1. The molecule has 7 nitrogen and oxygen atoms in total. The van der Waals surface area contributed by atoms with E-state index in [9.17, 15) is 9.90 Å². The highest BCUT2D eigenvalue weighted by molar-refractivity contribution is 6.34. The Hall–Kier alpha value is -3.39. The molecule has 4 rings (SSSR count). The molecule has 2 aromatic carbocycles.